The van der Waals surface area contributed by atoms with E-state index in [4.69, 9.17) is 13.6 Å². The molecule has 2 aromatic carbocycles. The van der Waals surface area contributed by atoms with E-state index >= 15 is 0 Å². The Balaban J connectivity index is 1.82. The van der Waals surface area contributed by atoms with Crippen LogP contribution in [0.5, 0.6) is 5.75 Å². The van der Waals surface area contributed by atoms with Crippen LogP contribution in [0.15, 0.2) is 54.6 Å². The van der Waals surface area contributed by atoms with Crippen LogP contribution in [0, 0.1) is 11.8 Å². The molecule has 0 unspecified atom stereocenters. The zero-order valence-electron chi connectivity index (χ0n) is 25.9. The molecule has 2 rings (SSSR count). The van der Waals surface area contributed by atoms with Gasteiger partial charge in [0.1, 0.15) is 5.75 Å². The van der Waals surface area contributed by atoms with Crippen LogP contribution in [-0.4, -0.2) is 13.2 Å². The molecule has 0 saturated heterocycles. The van der Waals surface area contributed by atoms with Crippen LogP contribution in [0.3, 0.4) is 0 Å². The molecule has 39 heavy (non-hydrogen) atoms. The molecule has 0 saturated carbocycles. The van der Waals surface area contributed by atoms with Crippen molar-refractivity contribution < 1.29 is 13.6 Å². The first-order valence-electron chi connectivity index (χ1n) is 15.7. The number of hydrogen-bond acceptors (Lipinski definition) is 3. The molecule has 0 bridgehead atoms. The normalized spacial score (nSPS) is 12.1. The summed E-state index contributed by atoms with van der Waals surface area (Å²) in [7, 11) is -1.39. The van der Waals surface area contributed by atoms with Gasteiger partial charge in [0, 0.05) is 5.41 Å². The zero-order chi connectivity index (χ0) is 28.3. The maximum Gasteiger partial charge on any atom is 0.397 e. The molecule has 0 radical (unpaired) electrons. The highest BCUT2D eigenvalue weighted by Crippen LogP contribution is 2.42. The number of unbranched alkanes of at least 4 members (excludes halogenated alkanes) is 8. The van der Waals surface area contributed by atoms with Crippen molar-refractivity contribution in [3.63, 3.8) is 0 Å². The molecule has 3 nitrogen and oxygen atoms in total. The van der Waals surface area contributed by atoms with Gasteiger partial charge in [-0.05, 0) is 47.9 Å². The average Bonchev–Trinajstić information content (AvgIpc) is 2.91. The fourth-order valence-electron chi connectivity index (χ4n) is 4.78. The molecule has 0 N–H and O–H groups in total. The molecule has 2 aromatic rings. The van der Waals surface area contributed by atoms with Crippen LogP contribution < -0.4 is 4.52 Å². The average molecular weight is 557 g/mol. The first-order chi connectivity index (χ1) is 18.8. The topological polar surface area (TPSA) is 27.7 Å². The molecular formula is C35H57O3P. The minimum absolute atomic E-state index is 0.0676. The van der Waals surface area contributed by atoms with Crippen LogP contribution in [0.1, 0.15) is 130 Å². The first-order valence-corrected chi connectivity index (χ1v) is 16.8. The third-order valence-electron chi connectivity index (χ3n) is 7.50. The molecule has 0 aliphatic carbocycles. The SMILES string of the molecule is CC(C)CCCCCCCOP(OCCCCCCCC(C)C)Oc1ccc(C(C)(C)c2ccccc2)cc1. The van der Waals surface area contributed by atoms with Crippen LogP contribution in [0.4, 0.5) is 0 Å². The van der Waals surface area contributed by atoms with Gasteiger partial charge >= 0.3 is 8.60 Å². The fraction of sp³-hybridized carbons (Fsp3) is 0.657. The second kappa shape index (κ2) is 19.6. The Morgan fingerprint density at radius 2 is 1.00 bits per heavy atom. The van der Waals surface area contributed by atoms with Crippen molar-refractivity contribution in [3.8, 4) is 5.75 Å². The predicted molar refractivity (Wildman–Crippen MR) is 170 cm³/mol. The van der Waals surface area contributed by atoms with E-state index in [0.29, 0.717) is 13.2 Å². The van der Waals surface area contributed by atoms with Crippen LogP contribution in [-0.2, 0) is 14.5 Å². The Bertz CT molecular complexity index is 824. The summed E-state index contributed by atoms with van der Waals surface area (Å²) in [6.45, 7) is 15.2. The summed E-state index contributed by atoms with van der Waals surface area (Å²) in [5.74, 6) is 2.44. The maximum atomic E-state index is 6.25. The van der Waals surface area contributed by atoms with Gasteiger partial charge in [-0.3, -0.25) is 0 Å². The molecule has 0 aromatic heterocycles. The fourth-order valence-corrected chi connectivity index (χ4v) is 5.81. The van der Waals surface area contributed by atoms with Crippen molar-refractivity contribution in [2.45, 2.75) is 124 Å². The molecule has 0 atom stereocenters. The van der Waals surface area contributed by atoms with E-state index in [9.17, 15) is 0 Å². The quantitative estimate of drug-likeness (QED) is 0.107. The Labute approximate surface area is 242 Å². The van der Waals surface area contributed by atoms with Gasteiger partial charge in [-0.15, -0.1) is 0 Å². The van der Waals surface area contributed by atoms with E-state index in [0.717, 1.165) is 30.4 Å². The summed E-state index contributed by atoms with van der Waals surface area (Å²) >= 11 is 0. The minimum Gasteiger partial charge on any atom is -0.427 e. The van der Waals surface area contributed by atoms with Crippen molar-refractivity contribution in [2.75, 3.05) is 13.2 Å². The van der Waals surface area contributed by atoms with Gasteiger partial charge < -0.3 is 13.6 Å². The summed E-state index contributed by atoms with van der Waals surface area (Å²) in [5.41, 5.74) is 2.50. The molecule has 0 aliphatic rings. The van der Waals surface area contributed by atoms with Crippen molar-refractivity contribution in [1.29, 1.82) is 0 Å². The summed E-state index contributed by atoms with van der Waals surface area (Å²) < 4.78 is 18.6. The van der Waals surface area contributed by atoms with Gasteiger partial charge in [-0.2, -0.15) is 0 Å². The summed E-state index contributed by atoms with van der Waals surface area (Å²) in [6.07, 6.45) is 15.1. The molecule has 220 valence electrons. The maximum absolute atomic E-state index is 6.25. The lowest BCUT2D eigenvalue weighted by Gasteiger charge is -2.26. The number of benzene rings is 2. The molecule has 4 heteroatoms. The standard InChI is InChI=1S/C35H57O3P/c1-30(2)20-14-9-7-11-18-28-36-39(37-29-19-12-8-10-15-21-31(3)4)38-34-26-24-33(25-27-34)35(5,6)32-22-16-13-17-23-32/h13,16-17,22-27,30-31H,7-12,14-15,18-21,28-29H2,1-6H3. The largest absolute Gasteiger partial charge is 0.427 e. The van der Waals surface area contributed by atoms with Crippen LogP contribution in [0.2, 0.25) is 0 Å². The highest BCUT2D eigenvalue weighted by atomic mass is 31.2. The summed E-state index contributed by atoms with van der Waals surface area (Å²) in [4.78, 5) is 0. The third kappa shape index (κ3) is 14.7. The zero-order valence-corrected chi connectivity index (χ0v) is 26.8. The van der Waals surface area contributed by atoms with Crippen molar-refractivity contribution in [1.82, 2.24) is 0 Å². The molecule has 0 spiro atoms. The van der Waals surface area contributed by atoms with E-state index in [2.05, 4.69) is 96.1 Å². The Morgan fingerprint density at radius 1 is 0.564 bits per heavy atom. The van der Waals surface area contributed by atoms with Crippen molar-refractivity contribution >= 4 is 8.60 Å². The number of rotatable bonds is 22. The lowest BCUT2D eigenvalue weighted by atomic mass is 9.78. The summed E-state index contributed by atoms with van der Waals surface area (Å²) in [6, 6.07) is 19.1. The van der Waals surface area contributed by atoms with E-state index in [-0.39, 0.29) is 5.41 Å². The Hall–Kier alpha value is -1.41. The van der Waals surface area contributed by atoms with Gasteiger partial charge in [0.2, 0.25) is 0 Å². The second-order valence-electron chi connectivity index (χ2n) is 12.4. The van der Waals surface area contributed by atoms with Crippen molar-refractivity contribution in [3.05, 3.63) is 65.7 Å². The molecule has 0 heterocycles. The van der Waals surface area contributed by atoms with E-state index < -0.39 is 8.60 Å². The predicted octanol–water partition coefficient (Wildman–Crippen LogP) is 11.6. The van der Waals surface area contributed by atoms with Gasteiger partial charge in [0.15, 0.2) is 0 Å². The number of hydrogen-bond donors (Lipinski definition) is 0. The van der Waals surface area contributed by atoms with E-state index in [1.807, 2.05) is 0 Å². The first kappa shape index (κ1) is 33.8. The molecule has 0 aliphatic heterocycles. The summed E-state index contributed by atoms with van der Waals surface area (Å²) in [5, 5.41) is 0. The Morgan fingerprint density at radius 3 is 1.49 bits per heavy atom. The van der Waals surface area contributed by atoms with Crippen molar-refractivity contribution in [2.24, 2.45) is 11.8 Å². The van der Waals surface area contributed by atoms with Gasteiger partial charge in [0.05, 0.1) is 13.2 Å². The van der Waals surface area contributed by atoms with E-state index in [1.165, 1.54) is 75.3 Å². The van der Waals surface area contributed by atoms with Gasteiger partial charge in [0.25, 0.3) is 0 Å². The second-order valence-corrected chi connectivity index (χ2v) is 13.5. The molecule has 0 fully saturated rings. The Kier molecular flexibility index (Phi) is 17.0. The van der Waals surface area contributed by atoms with Crippen LogP contribution in [0.25, 0.3) is 0 Å². The minimum atomic E-state index is -1.39. The third-order valence-corrected chi connectivity index (χ3v) is 8.64. The monoisotopic (exact) mass is 556 g/mol. The highest BCUT2D eigenvalue weighted by molar-refractivity contribution is 7.42. The van der Waals surface area contributed by atoms with E-state index in [1.54, 1.807) is 0 Å². The molecular weight excluding hydrogens is 499 g/mol. The smallest absolute Gasteiger partial charge is 0.397 e. The van der Waals surface area contributed by atoms with Gasteiger partial charge in [-0.25, -0.2) is 0 Å². The van der Waals surface area contributed by atoms with Gasteiger partial charge in [-0.1, -0.05) is 148 Å². The molecule has 0 amide bonds. The lowest BCUT2D eigenvalue weighted by Crippen LogP contribution is -2.18. The lowest BCUT2D eigenvalue weighted by molar-refractivity contribution is 0.198. The highest BCUT2D eigenvalue weighted by Gasteiger charge is 2.23. The van der Waals surface area contributed by atoms with Crippen LogP contribution >= 0.6 is 8.60 Å².